The molecule has 1 aliphatic heterocycles. The molecule has 0 aliphatic carbocycles. The van der Waals surface area contributed by atoms with Crippen molar-refractivity contribution in [3.05, 3.63) is 40.2 Å². The number of H-pyrrole nitrogens is 1. The standard InChI is InChI=1S/C16H18N2O2/c1-11(19)13-10-17-15-12(16(13)20)6-5-7-14(15)18-8-3-2-4-9-18/h5-7,10H,2-4,8-9H2,1H3,(H,17,20). The average molecular weight is 270 g/mol. The van der Waals surface area contributed by atoms with E-state index in [-0.39, 0.29) is 16.8 Å². The van der Waals surface area contributed by atoms with Gasteiger partial charge in [0.25, 0.3) is 0 Å². The van der Waals surface area contributed by atoms with Crippen LogP contribution in [0.25, 0.3) is 10.9 Å². The van der Waals surface area contributed by atoms with Crippen LogP contribution in [0.4, 0.5) is 5.69 Å². The van der Waals surface area contributed by atoms with E-state index in [4.69, 9.17) is 0 Å². The molecule has 4 nitrogen and oxygen atoms in total. The molecule has 0 bridgehead atoms. The van der Waals surface area contributed by atoms with E-state index in [1.165, 1.54) is 26.2 Å². The number of nitrogens with one attached hydrogen (secondary N) is 1. The van der Waals surface area contributed by atoms with E-state index < -0.39 is 0 Å². The first-order valence-corrected chi connectivity index (χ1v) is 7.09. The molecule has 20 heavy (non-hydrogen) atoms. The number of carbonyl (C=O) groups is 1. The lowest BCUT2D eigenvalue weighted by molar-refractivity contribution is 0.101. The van der Waals surface area contributed by atoms with Gasteiger partial charge < -0.3 is 9.88 Å². The molecule has 0 spiro atoms. The average Bonchev–Trinajstić information content (AvgIpc) is 2.48. The van der Waals surface area contributed by atoms with Crippen LogP contribution in [0.1, 0.15) is 36.5 Å². The van der Waals surface area contributed by atoms with Crippen LogP contribution in [0.2, 0.25) is 0 Å². The molecule has 1 N–H and O–H groups in total. The summed E-state index contributed by atoms with van der Waals surface area (Å²) in [6.45, 7) is 3.47. The molecular formula is C16H18N2O2. The topological polar surface area (TPSA) is 53.2 Å². The van der Waals surface area contributed by atoms with Crippen LogP contribution in [0.15, 0.2) is 29.2 Å². The first-order chi connectivity index (χ1) is 9.68. The maximum atomic E-state index is 12.3. The van der Waals surface area contributed by atoms with E-state index in [0.29, 0.717) is 5.39 Å². The Morgan fingerprint density at radius 1 is 1.20 bits per heavy atom. The van der Waals surface area contributed by atoms with Gasteiger partial charge in [0.2, 0.25) is 0 Å². The number of benzene rings is 1. The fraction of sp³-hybridized carbons (Fsp3) is 0.375. The van der Waals surface area contributed by atoms with Crippen molar-refractivity contribution in [3.8, 4) is 0 Å². The van der Waals surface area contributed by atoms with E-state index in [0.717, 1.165) is 24.3 Å². The number of Topliss-reactive ketones (excluding diaryl/α,β-unsaturated/α-hetero) is 1. The highest BCUT2D eigenvalue weighted by Gasteiger charge is 2.16. The Hall–Kier alpha value is -2.10. The van der Waals surface area contributed by atoms with Crippen LogP contribution >= 0.6 is 0 Å². The molecule has 3 rings (SSSR count). The number of aromatic amines is 1. The number of pyridine rings is 1. The van der Waals surface area contributed by atoms with Crippen LogP contribution in [-0.2, 0) is 0 Å². The monoisotopic (exact) mass is 270 g/mol. The van der Waals surface area contributed by atoms with Gasteiger partial charge >= 0.3 is 0 Å². The van der Waals surface area contributed by atoms with E-state index in [1.54, 1.807) is 12.3 Å². The van der Waals surface area contributed by atoms with Gasteiger partial charge in [-0.3, -0.25) is 9.59 Å². The summed E-state index contributed by atoms with van der Waals surface area (Å²) < 4.78 is 0. The molecule has 0 unspecified atom stereocenters. The van der Waals surface area contributed by atoms with Gasteiger partial charge in [0, 0.05) is 24.7 Å². The van der Waals surface area contributed by atoms with Gasteiger partial charge in [0.1, 0.15) is 0 Å². The molecule has 2 heterocycles. The van der Waals surface area contributed by atoms with Crippen molar-refractivity contribution in [2.45, 2.75) is 26.2 Å². The van der Waals surface area contributed by atoms with Crippen molar-refractivity contribution in [2.75, 3.05) is 18.0 Å². The molecule has 2 aromatic rings. The third-order valence-electron chi connectivity index (χ3n) is 3.97. The van der Waals surface area contributed by atoms with Gasteiger partial charge in [-0.1, -0.05) is 6.07 Å². The zero-order chi connectivity index (χ0) is 14.1. The molecular weight excluding hydrogens is 252 g/mol. The lowest BCUT2D eigenvalue weighted by atomic mass is 10.1. The minimum Gasteiger partial charge on any atom is -0.370 e. The molecule has 1 saturated heterocycles. The highest BCUT2D eigenvalue weighted by molar-refractivity contribution is 5.99. The van der Waals surface area contributed by atoms with Gasteiger partial charge in [-0.05, 0) is 38.3 Å². The van der Waals surface area contributed by atoms with Gasteiger partial charge in [0.15, 0.2) is 11.2 Å². The number of rotatable bonds is 2. The number of para-hydroxylation sites is 1. The summed E-state index contributed by atoms with van der Waals surface area (Å²) in [6.07, 6.45) is 5.19. The molecule has 1 aromatic heterocycles. The molecule has 1 aromatic carbocycles. The van der Waals surface area contributed by atoms with Gasteiger partial charge in [-0.2, -0.15) is 0 Å². The Morgan fingerprint density at radius 2 is 1.95 bits per heavy atom. The Bertz CT molecular complexity index is 712. The second-order valence-electron chi connectivity index (χ2n) is 5.34. The Morgan fingerprint density at radius 3 is 2.65 bits per heavy atom. The molecule has 1 aliphatic rings. The summed E-state index contributed by atoms with van der Waals surface area (Å²) in [7, 11) is 0. The largest absolute Gasteiger partial charge is 0.370 e. The van der Waals surface area contributed by atoms with Crippen LogP contribution < -0.4 is 10.3 Å². The van der Waals surface area contributed by atoms with Crippen molar-refractivity contribution in [1.82, 2.24) is 4.98 Å². The Balaban J connectivity index is 2.18. The van der Waals surface area contributed by atoms with Crippen LogP contribution in [-0.4, -0.2) is 23.9 Å². The maximum absolute atomic E-state index is 12.3. The van der Waals surface area contributed by atoms with Crippen LogP contribution in [0.3, 0.4) is 0 Å². The molecule has 0 amide bonds. The number of nitrogens with zero attached hydrogens (tertiary/aromatic N) is 1. The van der Waals surface area contributed by atoms with E-state index in [2.05, 4.69) is 9.88 Å². The molecule has 4 heteroatoms. The van der Waals surface area contributed by atoms with E-state index >= 15 is 0 Å². The predicted octanol–water partition coefficient (Wildman–Crippen LogP) is 2.72. The van der Waals surface area contributed by atoms with E-state index in [9.17, 15) is 9.59 Å². The zero-order valence-corrected chi connectivity index (χ0v) is 11.6. The summed E-state index contributed by atoms with van der Waals surface area (Å²) in [6, 6.07) is 5.72. The van der Waals surface area contributed by atoms with Gasteiger partial charge in [0.05, 0.1) is 16.8 Å². The Kier molecular flexibility index (Phi) is 3.30. The SMILES string of the molecule is CC(=O)c1c[nH]c2c(N3CCCCC3)cccc2c1=O. The van der Waals surface area contributed by atoms with Crippen LogP contribution in [0.5, 0.6) is 0 Å². The Labute approximate surface area is 117 Å². The fourth-order valence-electron chi connectivity index (χ4n) is 2.90. The lowest BCUT2D eigenvalue weighted by Crippen LogP contribution is -2.30. The number of hydrogen-bond donors (Lipinski definition) is 1. The van der Waals surface area contributed by atoms with Crippen molar-refractivity contribution in [1.29, 1.82) is 0 Å². The zero-order valence-electron chi connectivity index (χ0n) is 11.6. The minimum absolute atomic E-state index is 0.176. The molecule has 0 radical (unpaired) electrons. The van der Waals surface area contributed by atoms with Gasteiger partial charge in [-0.15, -0.1) is 0 Å². The van der Waals surface area contributed by atoms with Crippen molar-refractivity contribution < 1.29 is 4.79 Å². The van der Waals surface area contributed by atoms with Crippen LogP contribution in [0, 0.1) is 0 Å². The summed E-state index contributed by atoms with van der Waals surface area (Å²) in [5.41, 5.74) is 1.96. The number of ketones is 1. The minimum atomic E-state index is -0.198. The number of carbonyl (C=O) groups excluding carboxylic acids is 1. The lowest BCUT2D eigenvalue weighted by Gasteiger charge is -2.29. The third-order valence-corrected chi connectivity index (χ3v) is 3.97. The summed E-state index contributed by atoms with van der Waals surface area (Å²) in [5.74, 6) is -0.198. The third kappa shape index (κ3) is 2.11. The molecule has 1 fully saturated rings. The number of hydrogen-bond acceptors (Lipinski definition) is 3. The highest BCUT2D eigenvalue weighted by Crippen LogP contribution is 2.26. The van der Waals surface area contributed by atoms with Gasteiger partial charge in [-0.25, -0.2) is 0 Å². The fourth-order valence-corrected chi connectivity index (χ4v) is 2.90. The quantitative estimate of drug-likeness (QED) is 0.854. The number of piperidine rings is 1. The second-order valence-corrected chi connectivity index (χ2v) is 5.34. The summed E-state index contributed by atoms with van der Waals surface area (Å²) in [5, 5.41) is 0.598. The molecule has 0 saturated carbocycles. The first kappa shape index (κ1) is 12.9. The second kappa shape index (κ2) is 5.12. The number of anilines is 1. The molecule has 104 valence electrons. The molecule has 0 atom stereocenters. The first-order valence-electron chi connectivity index (χ1n) is 7.09. The normalized spacial score (nSPS) is 15.6. The maximum Gasteiger partial charge on any atom is 0.200 e. The summed E-state index contributed by atoms with van der Waals surface area (Å²) >= 11 is 0. The number of fused-ring (bicyclic) bond motifs is 1. The van der Waals surface area contributed by atoms with Crippen molar-refractivity contribution in [2.24, 2.45) is 0 Å². The smallest absolute Gasteiger partial charge is 0.200 e. The van der Waals surface area contributed by atoms with E-state index in [1.807, 2.05) is 12.1 Å². The highest BCUT2D eigenvalue weighted by atomic mass is 16.1. The van der Waals surface area contributed by atoms with Crippen molar-refractivity contribution in [3.63, 3.8) is 0 Å². The number of aromatic nitrogens is 1. The van der Waals surface area contributed by atoms with Crippen molar-refractivity contribution >= 4 is 22.4 Å². The summed E-state index contributed by atoms with van der Waals surface area (Å²) in [4.78, 5) is 29.3. The predicted molar refractivity (Wildman–Crippen MR) is 80.6 cm³/mol.